The Morgan fingerprint density at radius 2 is 0.693 bits per heavy atom. The predicted molar refractivity (Wildman–Crippen MR) is 321 cm³/mol. The normalized spacial score (nSPS) is 13.2. The Labute approximate surface area is 464 Å². The first kappa shape index (κ1) is 73.2. The largest absolute Gasteiger partial charge is 0.472 e. The van der Waals surface area contributed by atoms with E-state index in [0.717, 1.165) is 44.9 Å². The van der Waals surface area contributed by atoms with Crippen molar-refractivity contribution in [1.82, 2.24) is 0 Å². The molecule has 10 heteroatoms. The van der Waals surface area contributed by atoms with E-state index in [1.807, 2.05) is 0 Å². The average Bonchev–Trinajstić information content (AvgIpc) is 3.40. The van der Waals surface area contributed by atoms with E-state index in [-0.39, 0.29) is 38.6 Å². The molecule has 0 aromatic carbocycles. The molecule has 0 aliphatic rings. The number of rotatable bonds is 62. The van der Waals surface area contributed by atoms with Gasteiger partial charge in [0, 0.05) is 19.4 Å². The fourth-order valence-corrected chi connectivity index (χ4v) is 10.4. The highest BCUT2D eigenvalue weighted by molar-refractivity contribution is 7.47. The summed E-state index contributed by atoms with van der Waals surface area (Å²) >= 11 is 0. The third-order valence-corrected chi connectivity index (χ3v) is 15.5. The van der Waals surface area contributed by atoms with E-state index in [0.29, 0.717) is 6.42 Å². The fraction of sp³-hybridized carbons (Fsp3) is 0.877. The Hall–Kier alpha value is -1.77. The van der Waals surface area contributed by atoms with Crippen LogP contribution in [0.1, 0.15) is 335 Å². The van der Waals surface area contributed by atoms with Crippen LogP contribution in [-0.4, -0.2) is 49.3 Å². The molecule has 0 fully saturated rings. The van der Waals surface area contributed by atoms with Gasteiger partial charge in [0.05, 0.1) is 13.2 Å². The monoisotopic (exact) mass is 1080 g/mol. The number of esters is 2. The predicted octanol–water partition coefficient (Wildman–Crippen LogP) is 20.7. The van der Waals surface area contributed by atoms with Gasteiger partial charge in [-0.2, -0.15) is 0 Å². The van der Waals surface area contributed by atoms with Crippen molar-refractivity contribution in [2.24, 2.45) is 5.73 Å². The molecule has 0 aromatic heterocycles. The molecule has 0 aromatic rings. The molecule has 0 saturated heterocycles. The van der Waals surface area contributed by atoms with Crippen LogP contribution in [0.2, 0.25) is 0 Å². The third kappa shape index (κ3) is 61.3. The van der Waals surface area contributed by atoms with E-state index in [2.05, 4.69) is 50.3 Å². The lowest BCUT2D eigenvalue weighted by atomic mass is 10.0. The highest BCUT2D eigenvalue weighted by atomic mass is 31.2. The van der Waals surface area contributed by atoms with Crippen LogP contribution in [0.3, 0.4) is 0 Å². The lowest BCUT2D eigenvalue weighted by Crippen LogP contribution is -2.29. The molecule has 0 amide bonds. The van der Waals surface area contributed by atoms with Gasteiger partial charge in [0.25, 0.3) is 0 Å². The number of nitrogens with two attached hydrogens (primary N) is 1. The molecule has 2 unspecified atom stereocenters. The maximum absolute atomic E-state index is 12.7. The van der Waals surface area contributed by atoms with Crippen molar-refractivity contribution in [3.8, 4) is 0 Å². The summed E-state index contributed by atoms with van der Waals surface area (Å²) in [4.78, 5) is 35.3. The molecule has 0 bridgehead atoms. The molecule has 0 heterocycles. The van der Waals surface area contributed by atoms with Gasteiger partial charge >= 0.3 is 19.8 Å². The smallest absolute Gasteiger partial charge is 0.462 e. The van der Waals surface area contributed by atoms with Crippen LogP contribution in [0.4, 0.5) is 0 Å². The average molecular weight is 1080 g/mol. The zero-order valence-corrected chi connectivity index (χ0v) is 50.4. The summed E-state index contributed by atoms with van der Waals surface area (Å²) in [6.45, 7) is 3.79. The number of carbonyl (C=O) groups is 2. The number of allylic oxidation sites excluding steroid dienone is 6. The molecule has 0 radical (unpaired) electrons. The maximum Gasteiger partial charge on any atom is 0.472 e. The number of phosphoric acid groups is 1. The molecule has 75 heavy (non-hydrogen) atoms. The Kier molecular flexibility index (Phi) is 60.0. The molecule has 2 atom stereocenters. The van der Waals surface area contributed by atoms with Gasteiger partial charge in [-0.25, -0.2) is 4.57 Å². The number of carbonyl (C=O) groups excluding carboxylic acids is 2. The molecular weight excluding hydrogens is 954 g/mol. The Morgan fingerprint density at radius 3 is 1.03 bits per heavy atom. The van der Waals surface area contributed by atoms with Gasteiger partial charge in [-0.15, -0.1) is 0 Å². The molecule has 3 N–H and O–H groups in total. The first-order valence-corrected chi connectivity index (χ1v) is 34.0. The standard InChI is InChI=1S/C65H124NO8P/c1-3-5-7-9-11-13-15-17-19-21-23-25-27-28-29-30-31-32-33-34-36-37-39-41-43-45-47-49-51-53-55-57-64(67)71-61-63(62-73-75(69,70)72-60-59-66)74-65(68)58-56-54-52-50-48-46-44-42-40-38-35-26-24-22-20-18-16-14-12-10-8-6-4-2/h16,18,21-24,63H,3-15,17,19-20,25-62,66H2,1-2H3,(H,69,70)/b18-16-,23-21-,24-22-. The summed E-state index contributed by atoms with van der Waals surface area (Å²) < 4.78 is 33.1. The first-order valence-electron chi connectivity index (χ1n) is 32.5. The minimum atomic E-state index is -4.39. The van der Waals surface area contributed by atoms with E-state index in [4.69, 9.17) is 24.3 Å². The van der Waals surface area contributed by atoms with Crippen molar-refractivity contribution in [2.45, 2.75) is 341 Å². The van der Waals surface area contributed by atoms with Gasteiger partial charge in [0.2, 0.25) is 0 Å². The molecule has 442 valence electrons. The van der Waals surface area contributed by atoms with Gasteiger partial charge in [-0.1, -0.05) is 288 Å². The van der Waals surface area contributed by atoms with Crippen LogP contribution in [0.25, 0.3) is 0 Å². The van der Waals surface area contributed by atoms with Crippen LogP contribution < -0.4 is 5.73 Å². The SMILES string of the molecule is CCCCCCC/C=C\C/C=C\CCCCCCCCCCCCCC(=O)OC(COC(=O)CCCCCCCCCCCCCCCCCCCCC/C=C\CCCCCCCCCC)COP(=O)(O)OCCN. The van der Waals surface area contributed by atoms with E-state index in [1.165, 1.54) is 257 Å². The van der Waals surface area contributed by atoms with Gasteiger partial charge in [0.1, 0.15) is 6.61 Å². The van der Waals surface area contributed by atoms with Crippen molar-refractivity contribution in [3.05, 3.63) is 36.5 Å². The van der Waals surface area contributed by atoms with Crippen molar-refractivity contribution in [3.63, 3.8) is 0 Å². The lowest BCUT2D eigenvalue weighted by molar-refractivity contribution is -0.161. The second-order valence-corrected chi connectivity index (χ2v) is 23.4. The van der Waals surface area contributed by atoms with Gasteiger partial charge < -0.3 is 20.1 Å². The molecule has 0 rings (SSSR count). The van der Waals surface area contributed by atoms with Gasteiger partial charge in [-0.05, 0) is 70.6 Å². The highest BCUT2D eigenvalue weighted by Crippen LogP contribution is 2.43. The maximum atomic E-state index is 12.7. The minimum Gasteiger partial charge on any atom is -0.462 e. The van der Waals surface area contributed by atoms with Gasteiger partial charge in [-0.3, -0.25) is 18.6 Å². The second kappa shape index (κ2) is 61.4. The number of hydrogen-bond donors (Lipinski definition) is 2. The van der Waals surface area contributed by atoms with Crippen molar-refractivity contribution in [1.29, 1.82) is 0 Å². The molecule has 0 aliphatic carbocycles. The summed E-state index contributed by atoms with van der Waals surface area (Å²) in [7, 11) is -4.39. The van der Waals surface area contributed by atoms with Crippen molar-refractivity contribution in [2.75, 3.05) is 26.4 Å². The Balaban J connectivity index is 3.86. The molecule has 0 aliphatic heterocycles. The fourth-order valence-electron chi connectivity index (χ4n) is 9.67. The Bertz CT molecular complexity index is 1320. The van der Waals surface area contributed by atoms with Crippen LogP contribution in [0.5, 0.6) is 0 Å². The number of hydrogen-bond acceptors (Lipinski definition) is 8. The van der Waals surface area contributed by atoms with Crippen LogP contribution in [-0.2, 0) is 32.7 Å². The number of unbranched alkanes of at least 4 members (excludes halogenated alkanes) is 43. The van der Waals surface area contributed by atoms with Crippen LogP contribution in [0, 0.1) is 0 Å². The van der Waals surface area contributed by atoms with Crippen molar-refractivity contribution >= 4 is 19.8 Å². The second-order valence-electron chi connectivity index (χ2n) is 22.0. The van der Waals surface area contributed by atoms with Crippen molar-refractivity contribution < 1.29 is 37.6 Å². The van der Waals surface area contributed by atoms with E-state index < -0.39 is 26.5 Å². The third-order valence-electron chi connectivity index (χ3n) is 14.5. The topological polar surface area (TPSA) is 134 Å². The quantitative estimate of drug-likeness (QED) is 0.0264. The van der Waals surface area contributed by atoms with E-state index in [9.17, 15) is 19.0 Å². The lowest BCUT2D eigenvalue weighted by Gasteiger charge is -2.19. The minimum absolute atomic E-state index is 0.0546. The van der Waals surface area contributed by atoms with E-state index >= 15 is 0 Å². The Morgan fingerprint density at radius 1 is 0.400 bits per heavy atom. The summed E-state index contributed by atoms with van der Waals surface area (Å²) in [5.41, 5.74) is 5.39. The summed E-state index contributed by atoms with van der Waals surface area (Å²) in [5.74, 6) is -0.813. The summed E-state index contributed by atoms with van der Waals surface area (Å²) in [6, 6.07) is 0. The molecule has 9 nitrogen and oxygen atoms in total. The molecule has 0 spiro atoms. The molecular formula is C65H124NO8P. The van der Waals surface area contributed by atoms with Gasteiger partial charge in [0.15, 0.2) is 6.10 Å². The van der Waals surface area contributed by atoms with Crippen LogP contribution >= 0.6 is 7.82 Å². The zero-order valence-electron chi connectivity index (χ0n) is 49.6. The number of phosphoric ester groups is 1. The number of ether oxygens (including phenoxy) is 2. The zero-order chi connectivity index (χ0) is 54.5. The highest BCUT2D eigenvalue weighted by Gasteiger charge is 2.26. The van der Waals surface area contributed by atoms with E-state index in [1.54, 1.807) is 0 Å². The summed E-state index contributed by atoms with van der Waals surface area (Å²) in [5, 5.41) is 0. The van der Waals surface area contributed by atoms with Crippen LogP contribution in [0.15, 0.2) is 36.5 Å². The first-order chi connectivity index (χ1) is 36.8. The molecule has 0 saturated carbocycles. The summed E-state index contributed by atoms with van der Waals surface area (Å²) in [6.07, 6.45) is 75.1.